The summed E-state index contributed by atoms with van der Waals surface area (Å²) in [7, 11) is 0. The van der Waals surface area contributed by atoms with Crippen molar-refractivity contribution in [2.45, 2.75) is 31.3 Å². The smallest absolute Gasteiger partial charge is 0.250 e. The predicted molar refractivity (Wildman–Crippen MR) is 66.7 cm³/mol. The van der Waals surface area contributed by atoms with Gasteiger partial charge in [0.2, 0.25) is 5.91 Å². The van der Waals surface area contributed by atoms with Crippen molar-refractivity contribution < 1.29 is 9.59 Å². The third-order valence-corrected chi connectivity index (χ3v) is 4.05. The number of carbonyl (C=O) groups excluding carboxylic acids is 2. The molecule has 0 aromatic heterocycles. The Balaban J connectivity index is 1.96. The Hall–Kier alpha value is -1.84. The fourth-order valence-corrected chi connectivity index (χ4v) is 2.93. The molecular weight excluding hydrogens is 228 g/mol. The minimum atomic E-state index is -0.637. The van der Waals surface area contributed by atoms with Crippen molar-refractivity contribution in [3.8, 4) is 0 Å². The van der Waals surface area contributed by atoms with E-state index in [2.05, 4.69) is 5.32 Å². The first kappa shape index (κ1) is 11.3. The summed E-state index contributed by atoms with van der Waals surface area (Å²) in [6, 6.07) is 8.89. The van der Waals surface area contributed by atoms with E-state index in [1.807, 2.05) is 37.3 Å². The zero-order valence-corrected chi connectivity index (χ0v) is 10.3. The number of piperazine rings is 1. The van der Waals surface area contributed by atoms with Gasteiger partial charge in [0.05, 0.1) is 0 Å². The first-order valence-corrected chi connectivity index (χ1v) is 6.30. The van der Waals surface area contributed by atoms with E-state index in [4.69, 9.17) is 0 Å². The summed E-state index contributed by atoms with van der Waals surface area (Å²) in [4.78, 5) is 26.4. The maximum Gasteiger partial charge on any atom is 0.250 e. The lowest BCUT2D eigenvalue weighted by molar-refractivity contribution is -0.153. The number of nitrogens with one attached hydrogen (secondary N) is 1. The maximum absolute atomic E-state index is 12.5. The third kappa shape index (κ3) is 1.45. The number of amides is 2. The van der Waals surface area contributed by atoms with Crippen molar-refractivity contribution in [2.75, 3.05) is 6.54 Å². The monoisotopic (exact) mass is 244 g/mol. The number of benzene rings is 1. The Labute approximate surface area is 106 Å². The number of rotatable bonds is 1. The highest BCUT2D eigenvalue weighted by molar-refractivity contribution is 6.00. The second-order valence-corrected chi connectivity index (χ2v) is 5.18. The molecule has 1 aromatic rings. The highest BCUT2D eigenvalue weighted by Gasteiger charge is 2.51. The van der Waals surface area contributed by atoms with Crippen LogP contribution >= 0.6 is 0 Å². The number of carbonyl (C=O) groups is 2. The summed E-state index contributed by atoms with van der Waals surface area (Å²) < 4.78 is 0. The molecule has 4 nitrogen and oxygen atoms in total. The van der Waals surface area contributed by atoms with Crippen LogP contribution in [0.15, 0.2) is 30.3 Å². The zero-order chi connectivity index (χ0) is 12.8. The summed E-state index contributed by atoms with van der Waals surface area (Å²) >= 11 is 0. The molecule has 2 fully saturated rings. The van der Waals surface area contributed by atoms with Gasteiger partial charge in [-0.15, -0.1) is 0 Å². The van der Waals surface area contributed by atoms with Gasteiger partial charge < -0.3 is 10.2 Å². The first-order chi connectivity index (χ1) is 8.63. The molecule has 0 aliphatic carbocycles. The first-order valence-electron chi connectivity index (χ1n) is 6.30. The van der Waals surface area contributed by atoms with Gasteiger partial charge in [-0.25, -0.2) is 0 Å². The van der Waals surface area contributed by atoms with Crippen LogP contribution in [0.5, 0.6) is 0 Å². The second-order valence-electron chi connectivity index (χ2n) is 5.18. The molecule has 2 saturated heterocycles. The molecule has 18 heavy (non-hydrogen) atoms. The number of hydrogen-bond acceptors (Lipinski definition) is 2. The minimum absolute atomic E-state index is 0.0146. The normalized spacial score (nSPS) is 31.2. The van der Waals surface area contributed by atoms with Crippen molar-refractivity contribution in [2.24, 2.45) is 0 Å². The predicted octanol–water partition coefficient (Wildman–Crippen LogP) is 1.24. The van der Waals surface area contributed by atoms with Gasteiger partial charge in [0.25, 0.3) is 5.91 Å². The summed E-state index contributed by atoms with van der Waals surface area (Å²) in [6.45, 7) is 2.54. The fourth-order valence-electron chi connectivity index (χ4n) is 2.93. The van der Waals surface area contributed by atoms with E-state index in [-0.39, 0.29) is 11.8 Å². The molecular formula is C14H16N2O2. The van der Waals surface area contributed by atoms with E-state index in [0.717, 1.165) is 18.4 Å². The average molecular weight is 244 g/mol. The van der Waals surface area contributed by atoms with E-state index < -0.39 is 11.6 Å². The van der Waals surface area contributed by atoms with E-state index in [9.17, 15) is 9.59 Å². The maximum atomic E-state index is 12.5. The molecule has 0 spiro atoms. The minimum Gasteiger partial charge on any atom is -0.338 e. The number of nitrogens with zero attached hydrogens (tertiary/aromatic N) is 1. The molecule has 2 amide bonds. The summed E-state index contributed by atoms with van der Waals surface area (Å²) in [5, 5.41) is 2.86. The van der Waals surface area contributed by atoms with Crippen molar-refractivity contribution in [3.05, 3.63) is 35.9 Å². The summed E-state index contributed by atoms with van der Waals surface area (Å²) in [5.41, 5.74) is 0.215. The molecule has 0 radical (unpaired) electrons. The largest absolute Gasteiger partial charge is 0.338 e. The van der Waals surface area contributed by atoms with Crippen LogP contribution in [-0.4, -0.2) is 28.8 Å². The number of fused-ring (bicyclic) bond motifs is 1. The average Bonchev–Trinajstić information content (AvgIpc) is 2.79. The SMILES string of the molecule is C[C@@]12CCCN1C(=O)[C@@H](c1ccccc1)NC2=O. The quantitative estimate of drug-likeness (QED) is 0.808. The van der Waals surface area contributed by atoms with Gasteiger partial charge in [0, 0.05) is 6.54 Å². The molecule has 3 rings (SSSR count). The molecule has 0 bridgehead atoms. The van der Waals surface area contributed by atoms with E-state index in [1.165, 1.54) is 0 Å². The Morgan fingerprint density at radius 1 is 1.28 bits per heavy atom. The highest BCUT2D eigenvalue weighted by Crippen LogP contribution is 2.35. The van der Waals surface area contributed by atoms with Crippen molar-refractivity contribution in [1.82, 2.24) is 10.2 Å². The second kappa shape index (κ2) is 3.83. The van der Waals surface area contributed by atoms with Gasteiger partial charge in [0.15, 0.2) is 0 Å². The van der Waals surface area contributed by atoms with Gasteiger partial charge in [-0.2, -0.15) is 0 Å². The Kier molecular flexibility index (Phi) is 2.40. The molecule has 1 aromatic carbocycles. The summed E-state index contributed by atoms with van der Waals surface area (Å²) in [6.07, 6.45) is 1.66. The fraction of sp³-hybridized carbons (Fsp3) is 0.429. The Bertz CT molecular complexity index is 500. The van der Waals surface area contributed by atoms with E-state index in [1.54, 1.807) is 4.90 Å². The van der Waals surface area contributed by atoms with Gasteiger partial charge in [-0.3, -0.25) is 9.59 Å². The van der Waals surface area contributed by atoms with E-state index >= 15 is 0 Å². The molecule has 0 unspecified atom stereocenters. The molecule has 2 aliphatic rings. The van der Waals surface area contributed by atoms with Crippen LogP contribution in [0.3, 0.4) is 0 Å². The van der Waals surface area contributed by atoms with Crippen molar-refractivity contribution in [1.29, 1.82) is 0 Å². The lowest BCUT2D eigenvalue weighted by Crippen LogP contribution is -2.63. The van der Waals surface area contributed by atoms with Gasteiger partial charge in [0.1, 0.15) is 11.6 Å². The topological polar surface area (TPSA) is 49.4 Å². The van der Waals surface area contributed by atoms with Crippen LogP contribution in [0.25, 0.3) is 0 Å². The molecule has 4 heteroatoms. The Morgan fingerprint density at radius 3 is 2.72 bits per heavy atom. The van der Waals surface area contributed by atoms with Crippen LogP contribution in [0.1, 0.15) is 31.4 Å². The molecule has 2 heterocycles. The number of hydrogen-bond donors (Lipinski definition) is 1. The van der Waals surface area contributed by atoms with Gasteiger partial charge in [-0.1, -0.05) is 30.3 Å². The van der Waals surface area contributed by atoms with Crippen LogP contribution in [0.2, 0.25) is 0 Å². The zero-order valence-electron chi connectivity index (χ0n) is 10.3. The van der Waals surface area contributed by atoms with Crippen LogP contribution in [0.4, 0.5) is 0 Å². The highest BCUT2D eigenvalue weighted by atomic mass is 16.2. The van der Waals surface area contributed by atoms with Crippen LogP contribution < -0.4 is 5.32 Å². The lowest BCUT2D eigenvalue weighted by Gasteiger charge is -2.41. The van der Waals surface area contributed by atoms with Crippen molar-refractivity contribution in [3.63, 3.8) is 0 Å². The lowest BCUT2D eigenvalue weighted by atomic mass is 9.91. The standard InChI is InChI=1S/C14H16N2O2/c1-14-8-5-9-16(14)12(17)11(15-13(14)18)10-6-3-2-4-7-10/h2-4,6-7,11H,5,8-9H2,1H3,(H,15,18)/t11-,14+/m1/s1. The van der Waals surface area contributed by atoms with Crippen LogP contribution in [0, 0.1) is 0 Å². The molecule has 0 saturated carbocycles. The van der Waals surface area contributed by atoms with Gasteiger partial charge >= 0.3 is 0 Å². The molecule has 1 N–H and O–H groups in total. The van der Waals surface area contributed by atoms with E-state index in [0.29, 0.717) is 6.54 Å². The van der Waals surface area contributed by atoms with Crippen LogP contribution in [-0.2, 0) is 9.59 Å². The van der Waals surface area contributed by atoms with Crippen molar-refractivity contribution >= 4 is 11.8 Å². The Morgan fingerprint density at radius 2 is 2.00 bits per heavy atom. The third-order valence-electron chi connectivity index (χ3n) is 4.05. The summed E-state index contributed by atoms with van der Waals surface area (Å²) in [5.74, 6) is -0.0192. The molecule has 2 aliphatic heterocycles. The molecule has 2 atom stereocenters. The van der Waals surface area contributed by atoms with Gasteiger partial charge in [-0.05, 0) is 25.3 Å². The molecule has 94 valence electrons.